The van der Waals surface area contributed by atoms with Gasteiger partial charge in [-0.3, -0.25) is 0 Å². The summed E-state index contributed by atoms with van der Waals surface area (Å²) in [6, 6.07) is 0. The lowest BCUT2D eigenvalue weighted by Crippen LogP contribution is -2.59. The molecule has 1 unspecified atom stereocenters. The molecule has 0 spiro atoms. The van der Waals surface area contributed by atoms with E-state index in [9.17, 15) is 15.3 Å². The highest BCUT2D eigenvalue weighted by Crippen LogP contribution is 2.21. The predicted molar refractivity (Wildman–Crippen MR) is 75.4 cm³/mol. The van der Waals surface area contributed by atoms with Crippen LogP contribution in [0.4, 0.5) is 0 Å². The summed E-state index contributed by atoms with van der Waals surface area (Å²) in [5.41, 5.74) is 8.05. The minimum absolute atomic E-state index is 0.0847. The van der Waals surface area contributed by atoms with Crippen LogP contribution in [-0.4, -0.2) is 97.3 Å². The lowest BCUT2D eigenvalue weighted by molar-refractivity contribution is -0.302. The number of aliphatic hydroxyl groups excluding tert-OH is 4. The van der Waals surface area contributed by atoms with Gasteiger partial charge in [-0.15, -0.1) is 0 Å². The molecule has 0 saturated carbocycles. The van der Waals surface area contributed by atoms with Gasteiger partial charge in [0.15, 0.2) is 6.29 Å². The summed E-state index contributed by atoms with van der Waals surface area (Å²) >= 11 is 0. The van der Waals surface area contributed by atoms with Gasteiger partial charge in [0.1, 0.15) is 24.4 Å². The monoisotopic (exact) mass is 337 g/mol. The minimum atomic E-state index is -1.46. The maximum atomic E-state index is 9.73. The van der Waals surface area contributed by atoms with E-state index in [-0.39, 0.29) is 19.8 Å². The molecule has 1 aliphatic rings. The highest BCUT2D eigenvalue weighted by Gasteiger charge is 2.43. The van der Waals surface area contributed by atoms with Gasteiger partial charge < -0.3 is 39.4 Å². The number of ether oxygens (including phenoxy) is 4. The van der Waals surface area contributed by atoms with Gasteiger partial charge in [-0.05, 0) is 5.53 Å². The molecule has 0 aromatic heterocycles. The number of hydrogen-bond acceptors (Lipinski definition) is 9. The maximum absolute atomic E-state index is 9.73. The Kier molecular flexibility index (Phi) is 10.0. The van der Waals surface area contributed by atoms with Crippen molar-refractivity contribution in [1.82, 2.24) is 0 Å². The Morgan fingerprint density at radius 2 is 1.61 bits per heavy atom. The average Bonchev–Trinajstić information content (AvgIpc) is 2.56. The summed E-state index contributed by atoms with van der Waals surface area (Å²) in [4.78, 5) is 2.58. The van der Waals surface area contributed by atoms with Gasteiger partial charge in [0.2, 0.25) is 0 Å². The van der Waals surface area contributed by atoms with Gasteiger partial charge >= 0.3 is 0 Å². The van der Waals surface area contributed by atoms with Gasteiger partial charge in [-0.25, -0.2) is 0 Å². The van der Waals surface area contributed by atoms with Crippen LogP contribution in [0.15, 0.2) is 5.11 Å². The minimum Gasteiger partial charge on any atom is -0.394 e. The topological polar surface area (TPSA) is 167 Å². The van der Waals surface area contributed by atoms with E-state index in [1.807, 2.05) is 0 Å². The van der Waals surface area contributed by atoms with E-state index in [1.165, 1.54) is 0 Å². The first-order chi connectivity index (χ1) is 11.1. The Bertz CT molecular complexity index is 366. The summed E-state index contributed by atoms with van der Waals surface area (Å²) in [6.45, 7) is 1.01. The van der Waals surface area contributed by atoms with Gasteiger partial charge in [-0.1, -0.05) is 5.11 Å². The van der Waals surface area contributed by atoms with Crippen molar-refractivity contribution in [1.29, 1.82) is 0 Å². The van der Waals surface area contributed by atoms with Gasteiger partial charge in [0.05, 0.1) is 39.6 Å². The molecule has 0 aliphatic carbocycles. The van der Waals surface area contributed by atoms with Crippen LogP contribution in [-0.2, 0) is 18.9 Å². The Morgan fingerprint density at radius 3 is 2.26 bits per heavy atom. The second-order valence-corrected chi connectivity index (χ2v) is 4.75. The molecular formula is C12H23N3O8. The number of azide groups is 1. The molecule has 11 heteroatoms. The number of nitrogens with zero attached hydrogens (tertiary/aromatic N) is 3. The van der Waals surface area contributed by atoms with Gasteiger partial charge in [0, 0.05) is 11.5 Å². The summed E-state index contributed by atoms with van der Waals surface area (Å²) in [6.07, 6.45) is -6.44. The van der Waals surface area contributed by atoms with Crippen molar-refractivity contribution in [2.24, 2.45) is 5.11 Å². The van der Waals surface area contributed by atoms with Crippen LogP contribution in [0.3, 0.4) is 0 Å². The quantitative estimate of drug-likeness (QED) is 0.147. The van der Waals surface area contributed by atoms with Crippen LogP contribution in [0.1, 0.15) is 0 Å². The fourth-order valence-corrected chi connectivity index (χ4v) is 1.90. The maximum Gasteiger partial charge on any atom is 0.186 e. The SMILES string of the molecule is [N-]=[N+]=NCCOCCOCCOC1O[C@H](CO)[C@@H](O)[C@H](O)[C@@H]1O. The molecule has 134 valence electrons. The number of hydrogen-bond donors (Lipinski definition) is 4. The molecule has 0 radical (unpaired) electrons. The average molecular weight is 337 g/mol. The summed E-state index contributed by atoms with van der Waals surface area (Å²) < 4.78 is 20.7. The van der Waals surface area contributed by atoms with Crippen LogP contribution in [0.5, 0.6) is 0 Å². The Morgan fingerprint density at radius 1 is 0.957 bits per heavy atom. The Balaban J connectivity index is 2.09. The van der Waals surface area contributed by atoms with E-state index in [1.54, 1.807) is 0 Å². The van der Waals surface area contributed by atoms with Crippen molar-refractivity contribution < 1.29 is 39.4 Å². The second-order valence-electron chi connectivity index (χ2n) is 4.75. The molecule has 0 aromatic carbocycles. The summed E-state index contributed by atoms with van der Waals surface area (Å²) in [5.74, 6) is 0. The smallest absolute Gasteiger partial charge is 0.186 e. The Hall–Kier alpha value is -1.01. The van der Waals surface area contributed by atoms with Crippen molar-refractivity contribution in [3.8, 4) is 0 Å². The highest BCUT2D eigenvalue weighted by molar-refractivity contribution is 4.88. The molecule has 11 nitrogen and oxygen atoms in total. The fourth-order valence-electron chi connectivity index (χ4n) is 1.90. The van der Waals surface area contributed by atoms with E-state index >= 15 is 0 Å². The summed E-state index contributed by atoms with van der Waals surface area (Å²) in [7, 11) is 0. The van der Waals surface area contributed by atoms with Crippen molar-refractivity contribution in [3.63, 3.8) is 0 Å². The molecule has 0 aromatic rings. The zero-order valence-corrected chi connectivity index (χ0v) is 12.6. The Labute approximate surface area is 133 Å². The van der Waals surface area contributed by atoms with Crippen LogP contribution in [0.2, 0.25) is 0 Å². The molecule has 1 fully saturated rings. The van der Waals surface area contributed by atoms with Crippen LogP contribution >= 0.6 is 0 Å². The number of rotatable bonds is 11. The highest BCUT2D eigenvalue weighted by atomic mass is 16.7. The molecule has 23 heavy (non-hydrogen) atoms. The van der Waals surface area contributed by atoms with E-state index in [0.717, 1.165) is 0 Å². The first kappa shape index (κ1) is 20.0. The lowest BCUT2D eigenvalue weighted by atomic mass is 9.99. The standard InChI is InChI=1S/C12H23N3O8/c13-15-14-1-2-20-3-4-21-5-6-22-12-11(19)10(18)9(17)8(7-16)23-12/h8-12,16-19H,1-7H2/t8-,9-,10+,11+,12?/m1/s1. The number of aliphatic hydroxyl groups is 4. The fraction of sp³-hybridized carbons (Fsp3) is 1.00. The molecule has 1 aliphatic heterocycles. The third-order valence-electron chi connectivity index (χ3n) is 3.13. The summed E-state index contributed by atoms with van der Waals surface area (Å²) in [5, 5.41) is 41.2. The molecule has 1 rings (SSSR count). The largest absolute Gasteiger partial charge is 0.394 e. The second kappa shape index (κ2) is 11.5. The molecule has 1 heterocycles. The third-order valence-corrected chi connectivity index (χ3v) is 3.13. The van der Waals surface area contributed by atoms with Crippen LogP contribution in [0.25, 0.3) is 10.4 Å². The van der Waals surface area contributed by atoms with Crippen molar-refractivity contribution >= 4 is 0 Å². The molecule has 4 N–H and O–H groups in total. The molecule has 5 atom stereocenters. The van der Waals surface area contributed by atoms with E-state index in [0.29, 0.717) is 19.8 Å². The zero-order chi connectivity index (χ0) is 17.1. The molecule has 0 bridgehead atoms. The van der Waals surface area contributed by atoms with Crippen LogP contribution < -0.4 is 0 Å². The van der Waals surface area contributed by atoms with E-state index < -0.39 is 37.3 Å². The zero-order valence-electron chi connectivity index (χ0n) is 12.6. The third kappa shape index (κ3) is 6.96. The normalized spacial score (nSPS) is 30.9. The van der Waals surface area contributed by atoms with Crippen molar-refractivity contribution in [2.75, 3.05) is 46.2 Å². The lowest BCUT2D eigenvalue weighted by Gasteiger charge is -2.39. The molecular weight excluding hydrogens is 314 g/mol. The first-order valence-electron chi connectivity index (χ1n) is 7.20. The predicted octanol–water partition coefficient (Wildman–Crippen LogP) is -1.85. The van der Waals surface area contributed by atoms with Crippen molar-refractivity contribution in [3.05, 3.63) is 10.4 Å². The van der Waals surface area contributed by atoms with Gasteiger partial charge in [-0.2, -0.15) is 0 Å². The van der Waals surface area contributed by atoms with Gasteiger partial charge in [0.25, 0.3) is 0 Å². The van der Waals surface area contributed by atoms with E-state index in [2.05, 4.69) is 10.0 Å². The first-order valence-corrected chi connectivity index (χ1v) is 7.20. The van der Waals surface area contributed by atoms with E-state index in [4.69, 9.17) is 29.6 Å². The molecule has 0 amide bonds. The molecule has 1 saturated heterocycles. The van der Waals surface area contributed by atoms with Crippen LogP contribution in [0, 0.1) is 0 Å². The van der Waals surface area contributed by atoms with Crippen molar-refractivity contribution in [2.45, 2.75) is 30.7 Å².